The van der Waals surface area contributed by atoms with E-state index in [1.54, 1.807) is 16.8 Å². The average molecular weight is 338 g/mol. The fourth-order valence-corrected chi connectivity index (χ4v) is 2.23. The summed E-state index contributed by atoms with van der Waals surface area (Å²) in [4.78, 5) is 16.5. The highest BCUT2D eigenvalue weighted by Gasteiger charge is 2.10. The minimum absolute atomic E-state index is 0.0319. The van der Waals surface area contributed by atoms with E-state index in [1.165, 1.54) is 12.5 Å². The third-order valence-corrected chi connectivity index (χ3v) is 3.42. The van der Waals surface area contributed by atoms with Crippen molar-refractivity contribution in [3.05, 3.63) is 54.0 Å². The van der Waals surface area contributed by atoms with Gasteiger partial charge in [-0.25, -0.2) is 9.67 Å². The number of amides is 1. The van der Waals surface area contributed by atoms with Crippen molar-refractivity contribution in [3.8, 4) is 11.6 Å². The molecule has 2 aromatic heterocycles. The van der Waals surface area contributed by atoms with Crippen LogP contribution in [0.3, 0.4) is 0 Å². The first-order valence-electron chi connectivity index (χ1n) is 7.81. The molecule has 3 rings (SSSR count). The Morgan fingerprint density at radius 1 is 1.24 bits per heavy atom. The van der Waals surface area contributed by atoms with Crippen LogP contribution in [0.2, 0.25) is 0 Å². The first-order chi connectivity index (χ1) is 12.0. The number of benzene rings is 1. The SMILES string of the molecule is Cc1ccc(NC(=O)c2ccc(OC(C)C)nc2)cc1-n1cnnn1. The molecule has 1 aromatic carbocycles. The van der Waals surface area contributed by atoms with Crippen LogP contribution in [0.4, 0.5) is 5.69 Å². The number of carbonyl (C=O) groups is 1. The normalized spacial score (nSPS) is 10.7. The van der Waals surface area contributed by atoms with Crippen molar-refractivity contribution in [2.24, 2.45) is 0 Å². The molecule has 25 heavy (non-hydrogen) atoms. The monoisotopic (exact) mass is 338 g/mol. The summed E-state index contributed by atoms with van der Waals surface area (Å²) in [5.41, 5.74) is 2.87. The summed E-state index contributed by atoms with van der Waals surface area (Å²) in [5, 5.41) is 14.0. The maximum Gasteiger partial charge on any atom is 0.257 e. The maximum atomic E-state index is 12.4. The molecule has 0 aliphatic heterocycles. The number of tetrazole rings is 1. The fourth-order valence-electron chi connectivity index (χ4n) is 2.23. The molecule has 0 aliphatic rings. The van der Waals surface area contributed by atoms with Crippen molar-refractivity contribution in [2.75, 3.05) is 5.32 Å². The van der Waals surface area contributed by atoms with Crippen LogP contribution in [0.1, 0.15) is 29.8 Å². The van der Waals surface area contributed by atoms with Crippen LogP contribution in [0.15, 0.2) is 42.9 Å². The predicted octanol–water partition coefficient (Wildman–Crippen LogP) is 2.41. The highest BCUT2D eigenvalue weighted by Crippen LogP contribution is 2.19. The third-order valence-electron chi connectivity index (χ3n) is 3.42. The Morgan fingerprint density at radius 2 is 2.08 bits per heavy atom. The van der Waals surface area contributed by atoms with E-state index in [0.717, 1.165) is 11.3 Å². The Labute approximate surface area is 144 Å². The van der Waals surface area contributed by atoms with Crippen LogP contribution in [0.5, 0.6) is 5.88 Å². The van der Waals surface area contributed by atoms with Gasteiger partial charge in [0.05, 0.1) is 17.4 Å². The van der Waals surface area contributed by atoms with Gasteiger partial charge in [-0.15, -0.1) is 5.10 Å². The second-order valence-corrected chi connectivity index (χ2v) is 5.76. The predicted molar refractivity (Wildman–Crippen MR) is 91.8 cm³/mol. The summed E-state index contributed by atoms with van der Waals surface area (Å²) in [6.07, 6.45) is 3.03. The van der Waals surface area contributed by atoms with Crippen molar-refractivity contribution >= 4 is 11.6 Å². The molecule has 128 valence electrons. The van der Waals surface area contributed by atoms with Crippen LogP contribution in [0, 0.1) is 6.92 Å². The highest BCUT2D eigenvalue weighted by molar-refractivity contribution is 6.04. The molecule has 0 fully saturated rings. The van der Waals surface area contributed by atoms with Gasteiger partial charge in [-0.1, -0.05) is 6.07 Å². The zero-order valence-electron chi connectivity index (χ0n) is 14.2. The first kappa shape index (κ1) is 16.6. The number of hydrogen-bond acceptors (Lipinski definition) is 6. The number of aryl methyl sites for hydroxylation is 1. The largest absolute Gasteiger partial charge is 0.475 e. The molecule has 0 saturated carbocycles. The minimum Gasteiger partial charge on any atom is -0.475 e. The molecule has 8 nitrogen and oxygen atoms in total. The van der Waals surface area contributed by atoms with Gasteiger partial charge in [-0.05, 0) is 55.0 Å². The second kappa shape index (κ2) is 7.08. The lowest BCUT2D eigenvalue weighted by molar-refractivity contribution is 0.102. The lowest BCUT2D eigenvalue weighted by Crippen LogP contribution is -2.13. The number of nitrogens with zero attached hydrogens (tertiary/aromatic N) is 5. The number of ether oxygens (including phenoxy) is 1. The highest BCUT2D eigenvalue weighted by atomic mass is 16.5. The van der Waals surface area contributed by atoms with E-state index < -0.39 is 0 Å². The third kappa shape index (κ3) is 3.97. The maximum absolute atomic E-state index is 12.4. The van der Waals surface area contributed by atoms with Crippen molar-refractivity contribution in [3.63, 3.8) is 0 Å². The van der Waals surface area contributed by atoms with E-state index in [4.69, 9.17) is 4.74 Å². The first-order valence-corrected chi connectivity index (χ1v) is 7.81. The smallest absolute Gasteiger partial charge is 0.257 e. The van der Waals surface area contributed by atoms with Gasteiger partial charge in [0.1, 0.15) is 6.33 Å². The Balaban J connectivity index is 1.76. The number of aromatic nitrogens is 5. The van der Waals surface area contributed by atoms with Crippen LogP contribution < -0.4 is 10.1 Å². The van der Waals surface area contributed by atoms with E-state index in [2.05, 4.69) is 25.8 Å². The molecular weight excluding hydrogens is 320 g/mol. The van der Waals surface area contributed by atoms with Crippen molar-refractivity contribution < 1.29 is 9.53 Å². The number of nitrogens with one attached hydrogen (secondary N) is 1. The molecule has 1 amide bonds. The van der Waals surface area contributed by atoms with Gasteiger partial charge >= 0.3 is 0 Å². The molecule has 0 unspecified atom stereocenters. The number of hydrogen-bond donors (Lipinski definition) is 1. The average Bonchev–Trinajstić information content (AvgIpc) is 3.11. The Kier molecular flexibility index (Phi) is 4.69. The Hall–Kier alpha value is -3.29. The quantitative estimate of drug-likeness (QED) is 0.767. The summed E-state index contributed by atoms with van der Waals surface area (Å²) >= 11 is 0. The van der Waals surface area contributed by atoms with Crippen LogP contribution >= 0.6 is 0 Å². The van der Waals surface area contributed by atoms with Crippen LogP contribution in [-0.2, 0) is 0 Å². The summed E-state index contributed by atoms with van der Waals surface area (Å²) < 4.78 is 7.02. The molecule has 0 spiro atoms. The Bertz CT molecular complexity index is 859. The molecule has 0 aliphatic carbocycles. The van der Waals surface area contributed by atoms with Crippen molar-refractivity contribution in [1.82, 2.24) is 25.2 Å². The van der Waals surface area contributed by atoms with Gasteiger partial charge in [0.25, 0.3) is 5.91 Å². The molecule has 1 N–H and O–H groups in total. The minimum atomic E-state index is -0.255. The van der Waals surface area contributed by atoms with Gasteiger partial charge in [0, 0.05) is 18.0 Å². The Morgan fingerprint density at radius 3 is 2.72 bits per heavy atom. The number of rotatable bonds is 5. The van der Waals surface area contributed by atoms with Gasteiger partial charge in [0.2, 0.25) is 5.88 Å². The van der Waals surface area contributed by atoms with Gasteiger partial charge in [-0.2, -0.15) is 0 Å². The van der Waals surface area contributed by atoms with Crippen LogP contribution in [0.25, 0.3) is 5.69 Å². The van der Waals surface area contributed by atoms with Crippen molar-refractivity contribution in [1.29, 1.82) is 0 Å². The van der Waals surface area contributed by atoms with E-state index in [-0.39, 0.29) is 12.0 Å². The van der Waals surface area contributed by atoms with E-state index in [1.807, 2.05) is 39.0 Å². The molecule has 0 bridgehead atoms. The van der Waals surface area contributed by atoms with E-state index >= 15 is 0 Å². The zero-order valence-corrected chi connectivity index (χ0v) is 14.2. The standard InChI is InChI=1S/C17H18N6O2/c1-11(2)25-16-7-5-13(9-18-16)17(24)20-14-6-4-12(3)15(8-14)23-10-19-21-22-23/h4-11H,1-3H3,(H,20,24). The molecular formula is C17H18N6O2. The van der Waals surface area contributed by atoms with E-state index in [0.29, 0.717) is 17.1 Å². The molecule has 0 saturated heterocycles. The van der Waals surface area contributed by atoms with E-state index in [9.17, 15) is 4.79 Å². The summed E-state index contributed by atoms with van der Waals surface area (Å²) in [6, 6.07) is 8.88. The number of pyridine rings is 1. The lowest BCUT2D eigenvalue weighted by Gasteiger charge is -2.10. The lowest BCUT2D eigenvalue weighted by atomic mass is 10.1. The fraction of sp³-hybridized carbons (Fsp3) is 0.235. The second-order valence-electron chi connectivity index (χ2n) is 5.76. The van der Waals surface area contributed by atoms with Gasteiger partial charge < -0.3 is 10.1 Å². The zero-order chi connectivity index (χ0) is 17.8. The number of anilines is 1. The topological polar surface area (TPSA) is 94.8 Å². The molecule has 3 aromatic rings. The molecule has 0 radical (unpaired) electrons. The van der Waals surface area contributed by atoms with Crippen LogP contribution in [-0.4, -0.2) is 37.2 Å². The molecule has 2 heterocycles. The van der Waals surface area contributed by atoms with Crippen molar-refractivity contribution in [2.45, 2.75) is 26.9 Å². The molecule has 8 heteroatoms. The summed E-state index contributed by atoms with van der Waals surface area (Å²) in [7, 11) is 0. The summed E-state index contributed by atoms with van der Waals surface area (Å²) in [6.45, 7) is 5.78. The van der Waals surface area contributed by atoms with Gasteiger partial charge in [0.15, 0.2) is 0 Å². The number of carbonyl (C=O) groups excluding carboxylic acids is 1. The summed E-state index contributed by atoms with van der Waals surface area (Å²) in [5.74, 6) is 0.234. The molecule has 0 atom stereocenters. The van der Waals surface area contributed by atoms with Gasteiger partial charge in [-0.3, -0.25) is 4.79 Å².